The van der Waals surface area contributed by atoms with Gasteiger partial charge in [0.05, 0.1) is 11.9 Å². The summed E-state index contributed by atoms with van der Waals surface area (Å²) >= 11 is 6.19. The summed E-state index contributed by atoms with van der Waals surface area (Å²) in [5, 5.41) is 3.36. The van der Waals surface area contributed by atoms with Crippen molar-refractivity contribution in [2.24, 2.45) is 0 Å². The Morgan fingerprint density at radius 2 is 1.49 bits per heavy atom. The van der Waals surface area contributed by atoms with Gasteiger partial charge in [0, 0.05) is 23.5 Å². The first-order valence-corrected chi connectivity index (χ1v) is 14.9. The molecule has 2 amide bonds. The number of carbonyl (C=O) groups excluding carboxylic acids is 2. The molecule has 0 fully saturated rings. The van der Waals surface area contributed by atoms with Crippen LogP contribution in [-0.4, -0.2) is 49.5 Å². The molecule has 0 saturated carbocycles. The second-order valence-corrected chi connectivity index (χ2v) is 13.0. The third kappa shape index (κ3) is 8.83. The van der Waals surface area contributed by atoms with Gasteiger partial charge in [-0.2, -0.15) is 0 Å². The van der Waals surface area contributed by atoms with Gasteiger partial charge in [-0.1, -0.05) is 78.3 Å². The number of anilines is 1. The zero-order valence-corrected chi connectivity index (χ0v) is 24.6. The molecule has 7 nitrogen and oxygen atoms in total. The van der Waals surface area contributed by atoms with Crippen LogP contribution in [0.25, 0.3) is 0 Å². The average molecular weight is 570 g/mol. The van der Waals surface area contributed by atoms with Gasteiger partial charge in [-0.3, -0.25) is 13.9 Å². The van der Waals surface area contributed by atoms with Crippen molar-refractivity contribution in [3.05, 3.63) is 101 Å². The summed E-state index contributed by atoms with van der Waals surface area (Å²) in [4.78, 5) is 29.3. The van der Waals surface area contributed by atoms with Crippen molar-refractivity contribution < 1.29 is 18.0 Å². The molecule has 0 aromatic heterocycles. The van der Waals surface area contributed by atoms with Crippen LogP contribution in [0.1, 0.15) is 37.5 Å². The lowest BCUT2D eigenvalue weighted by atomic mass is 10.0. The SMILES string of the molecule is Cc1ccc(Cl)cc1N(CC(=O)N(Cc1ccccc1)[C@H](Cc1ccccc1)C(=O)NC(C)(C)C)S(C)(=O)=O. The predicted octanol–water partition coefficient (Wildman–Crippen LogP) is 4.97. The molecular formula is C30H36ClN3O4S. The molecule has 39 heavy (non-hydrogen) atoms. The molecule has 0 aliphatic heterocycles. The lowest BCUT2D eigenvalue weighted by Crippen LogP contribution is -2.56. The molecule has 9 heteroatoms. The molecular weight excluding hydrogens is 534 g/mol. The highest BCUT2D eigenvalue weighted by Gasteiger charge is 2.34. The van der Waals surface area contributed by atoms with Crippen LogP contribution in [-0.2, 0) is 32.6 Å². The Bertz CT molecular complexity index is 1390. The van der Waals surface area contributed by atoms with Crippen molar-refractivity contribution >= 4 is 39.1 Å². The van der Waals surface area contributed by atoms with Gasteiger partial charge in [-0.15, -0.1) is 0 Å². The normalized spacial score (nSPS) is 12.5. The highest BCUT2D eigenvalue weighted by atomic mass is 35.5. The van der Waals surface area contributed by atoms with E-state index in [9.17, 15) is 18.0 Å². The highest BCUT2D eigenvalue weighted by molar-refractivity contribution is 7.92. The number of benzene rings is 3. The maximum absolute atomic E-state index is 14.1. The minimum Gasteiger partial charge on any atom is -0.350 e. The summed E-state index contributed by atoms with van der Waals surface area (Å²) in [7, 11) is -3.87. The van der Waals surface area contributed by atoms with Gasteiger partial charge in [-0.05, 0) is 56.5 Å². The van der Waals surface area contributed by atoms with E-state index in [1.54, 1.807) is 19.1 Å². The number of amides is 2. The first kappa shape index (κ1) is 30.2. The summed E-state index contributed by atoms with van der Waals surface area (Å²) in [6.45, 7) is 7.02. The number of carbonyl (C=O) groups is 2. The summed E-state index contributed by atoms with van der Waals surface area (Å²) in [5.74, 6) is -0.825. The van der Waals surface area contributed by atoms with Crippen LogP contribution >= 0.6 is 11.6 Å². The first-order valence-electron chi connectivity index (χ1n) is 12.7. The van der Waals surface area contributed by atoms with Gasteiger partial charge in [0.1, 0.15) is 12.6 Å². The van der Waals surface area contributed by atoms with E-state index in [4.69, 9.17) is 11.6 Å². The van der Waals surface area contributed by atoms with E-state index in [2.05, 4.69) is 5.32 Å². The smallest absolute Gasteiger partial charge is 0.244 e. The Morgan fingerprint density at radius 3 is 2.03 bits per heavy atom. The van der Waals surface area contributed by atoms with Gasteiger partial charge < -0.3 is 10.2 Å². The van der Waals surface area contributed by atoms with Crippen LogP contribution in [0.4, 0.5) is 5.69 Å². The molecule has 3 aromatic rings. The molecule has 0 aliphatic carbocycles. The summed E-state index contributed by atoms with van der Waals surface area (Å²) < 4.78 is 26.9. The summed E-state index contributed by atoms with van der Waals surface area (Å²) in [5.41, 5.74) is 2.13. The molecule has 0 heterocycles. The molecule has 0 aliphatic rings. The molecule has 208 valence electrons. The van der Waals surface area contributed by atoms with E-state index in [-0.39, 0.29) is 18.9 Å². The number of rotatable bonds is 10. The number of hydrogen-bond acceptors (Lipinski definition) is 4. The zero-order valence-electron chi connectivity index (χ0n) is 23.0. The maximum atomic E-state index is 14.1. The Kier molecular flexibility index (Phi) is 9.80. The van der Waals surface area contributed by atoms with E-state index in [0.29, 0.717) is 16.3 Å². The standard InChI is InChI=1S/C30H36ClN3O4S/c1-22-16-17-25(31)19-26(22)34(39(5,37)38)21-28(35)33(20-24-14-10-7-11-15-24)27(29(36)32-30(2,3)4)18-23-12-8-6-9-13-23/h6-17,19,27H,18,20-21H2,1-5H3,(H,32,36)/t27-/m1/s1. The Balaban J connectivity index is 2.08. The van der Waals surface area contributed by atoms with E-state index < -0.39 is 34.1 Å². The molecule has 0 bridgehead atoms. The summed E-state index contributed by atoms with van der Waals surface area (Å²) in [6, 6.07) is 22.8. The van der Waals surface area contributed by atoms with E-state index in [1.807, 2.05) is 81.4 Å². The molecule has 3 rings (SSSR count). The quantitative estimate of drug-likeness (QED) is 0.373. The van der Waals surface area contributed by atoms with Crippen LogP contribution in [0.2, 0.25) is 5.02 Å². The Labute approximate surface area is 236 Å². The molecule has 0 unspecified atom stereocenters. The maximum Gasteiger partial charge on any atom is 0.244 e. The lowest BCUT2D eigenvalue weighted by Gasteiger charge is -2.35. The highest BCUT2D eigenvalue weighted by Crippen LogP contribution is 2.27. The number of aryl methyl sites for hydroxylation is 1. The summed E-state index contributed by atoms with van der Waals surface area (Å²) in [6.07, 6.45) is 1.31. The fraction of sp³-hybridized carbons (Fsp3) is 0.333. The molecule has 3 aromatic carbocycles. The predicted molar refractivity (Wildman–Crippen MR) is 157 cm³/mol. The average Bonchev–Trinajstić information content (AvgIpc) is 2.85. The Morgan fingerprint density at radius 1 is 0.923 bits per heavy atom. The number of halogens is 1. The van der Waals surface area contributed by atoms with Crippen molar-refractivity contribution in [3.8, 4) is 0 Å². The van der Waals surface area contributed by atoms with Gasteiger partial charge in [0.15, 0.2) is 0 Å². The van der Waals surface area contributed by atoms with Crippen LogP contribution in [0.3, 0.4) is 0 Å². The Hall–Kier alpha value is -3.36. The van der Waals surface area contributed by atoms with Crippen LogP contribution < -0.4 is 9.62 Å². The van der Waals surface area contributed by atoms with Crippen LogP contribution in [0.5, 0.6) is 0 Å². The molecule has 0 spiro atoms. The first-order chi connectivity index (χ1) is 18.2. The van der Waals surface area contributed by atoms with Gasteiger partial charge in [-0.25, -0.2) is 8.42 Å². The van der Waals surface area contributed by atoms with Crippen LogP contribution in [0, 0.1) is 6.92 Å². The fourth-order valence-electron chi connectivity index (χ4n) is 4.23. The largest absolute Gasteiger partial charge is 0.350 e. The van der Waals surface area contributed by atoms with E-state index in [0.717, 1.165) is 21.7 Å². The van der Waals surface area contributed by atoms with Gasteiger partial charge >= 0.3 is 0 Å². The van der Waals surface area contributed by atoms with Crippen LogP contribution in [0.15, 0.2) is 78.9 Å². The van der Waals surface area contributed by atoms with Crippen molar-refractivity contribution in [1.29, 1.82) is 0 Å². The second kappa shape index (κ2) is 12.7. The molecule has 0 saturated heterocycles. The second-order valence-electron chi connectivity index (χ2n) is 10.7. The molecule has 1 N–H and O–H groups in total. The topological polar surface area (TPSA) is 86.8 Å². The van der Waals surface area contributed by atoms with Crippen molar-refractivity contribution in [2.75, 3.05) is 17.1 Å². The molecule has 0 radical (unpaired) electrons. The van der Waals surface area contributed by atoms with Gasteiger partial charge in [0.25, 0.3) is 0 Å². The van der Waals surface area contributed by atoms with E-state index >= 15 is 0 Å². The fourth-order valence-corrected chi connectivity index (χ4v) is 5.30. The monoisotopic (exact) mass is 569 g/mol. The van der Waals surface area contributed by atoms with Gasteiger partial charge in [0.2, 0.25) is 21.8 Å². The minimum atomic E-state index is -3.87. The zero-order chi connectivity index (χ0) is 28.8. The number of hydrogen-bond donors (Lipinski definition) is 1. The van der Waals surface area contributed by atoms with Crippen molar-refractivity contribution in [3.63, 3.8) is 0 Å². The molecule has 1 atom stereocenters. The third-order valence-electron chi connectivity index (χ3n) is 6.08. The van der Waals surface area contributed by atoms with E-state index in [1.165, 1.54) is 11.0 Å². The number of nitrogens with one attached hydrogen (secondary N) is 1. The number of nitrogens with zero attached hydrogens (tertiary/aromatic N) is 2. The lowest BCUT2D eigenvalue weighted by molar-refractivity contribution is -0.140. The number of sulfonamides is 1. The third-order valence-corrected chi connectivity index (χ3v) is 7.45. The minimum absolute atomic E-state index is 0.126. The van der Waals surface area contributed by atoms with Crippen molar-refractivity contribution in [1.82, 2.24) is 10.2 Å². The van der Waals surface area contributed by atoms with Crippen molar-refractivity contribution in [2.45, 2.75) is 52.2 Å².